The van der Waals surface area contributed by atoms with Gasteiger partial charge < -0.3 is 9.32 Å². The summed E-state index contributed by atoms with van der Waals surface area (Å²) in [7, 11) is 0. The van der Waals surface area contributed by atoms with Crippen LogP contribution < -0.4 is 4.90 Å². The molecular weight excluding hydrogens is 727 g/mol. The van der Waals surface area contributed by atoms with Gasteiger partial charge in [0.15, 0.2) is 5.58 Å². The summed E-state index contributed by atoms with van der Waals surface area (Å²) in [6.07, 6.45) is 0. The smallest absolute Gasteiger partial charge is 0.159 e. The highest BCUT2D eigenvalue weighted by Crippen LogP contribution is 2.48. The second-order valence-corrected chi connectivity index (χ2v) is 15.2. The van der Waals surface area contributed by atoms with Gasteiger partial charge >= 0.3 is 0 Å². The summed E-state index contributed by atoms with van der Waals surface area (Å²) in [6.45, 7) is 0. The van der Waals surface area contributed by atoms with Gasteiger partial charge in [-0.2, -0.15) is 0 Å². The first-order valence-corrected chi connectivity index (χ1v) is 20.5. The third-order valence-electron chi connectivity index (χ3n) is 11.7. The standard InChI is InChI=1S/C58H39NO/c1-2-15-40(16-3-1)42-29-32-44(33-30-42)48-19-6-7-20-49(48)50-21-8-9-22-51(50)52-23-10-12-26-55(52)59(56-27-14-25-54-53-24-11-13-28-57(53)60-58(54)56)47-37-35-43(36-38-47)46-34-31-41-17-4-5-18-45(41)39-46/h1-39H. The number of hydrogen-bond donors (Lipinski definition) is 0. The van der Waals surface area contributed by atoms with E-state index in [4.69, 9.17) is 4.42 Å². The second kappa shape index (κ2) is 15.1. The summed E-state index contributed by atoms with van der Waals surface area (Å²) in [5, 5.41) is 4.66. The van der Waals surface area contributed by atoms with E-state index in [1.54, 1.807) is 0 Å². The molecule has 0 aliphatic heterocycles. The third-order valence-corrected chi connectivity index (χ3v) is 11.7. The molecule has 0 saturated carbocycles. The van der Waals surface area contributed by atoms with Gasteiger partial charge in [-0.1, -0.05) is 200 Å². The lowest BCUT2D eigenvalue weighted by molar-refractivity contribution is 0.669. The number of hydrogen-bond acceptors (Lipinski definition) is 2. The predicted molar refractivity (Wildman–Crippen MR) is 253 cm³/mol. The van der Waals surface area contributed by atoms with Crippen LogP contribution in [0.1, 0.15) is 0 Å². The monoisotopic (exact) mass is 765 g/mol. The fourth-order valence-corrected chi connectivity index (χ4v) is 8.78. The van der Waals surface area contributed by atoms with E-state index in [0.29, 0.717) is 0 Å². The van der Waals surface area contributed by atoms with Gasteiger partial charge in [0.1, 0.15) is 5.58 Å². The second-order valence-electron chi connectivity index (χ2n) is 15.2. The highest BCUT2D eigenvalue weighted by Gasteiger charge is 2.23. The van der Waals surface area contributed by atoms with Gasteiger partial charge in [0, 0.05) is 22.0 Å². The maximum Gasteiger partial charge on any atom is 0.159 e. The van der Waals surface area contributed by atoms with E-state index in [2.05, 4.69) is 235 Å². The average Bonchev–Trinajstić information content (AvgIpc) is 3.72. The van der Waals surface area contributed by atoms with Crippen LogP contribution >= 0.6 is 0 Å². The molecule has 1 heterocycles. The SMILES string of the molecule is c1ccc(-c2ccc(-c3ccccc3-c3ccccc3-c3ccccc3N(c3ccc(-c4ccc5ccccc5c4)cc3)c3cccc4c3oc3ccccc34)cc2)cc1. The van der Waals surface area contributed by atoms with Gasteiger partial charge in [0.25, 0.3) is 0 Å². The molecule has 0 aliphatic rings. The van der Waals surface area contributed by atoms with Crippen LogP contribution in [0.2, 0.25) is 0 Å². The molecule has 0 aliphatic carbocycles. The van der Waals surface area contributed by atoms with Gasteiger partial charge in [-0.3, -0.25) is 0 Å². The zero-order valence-electron chi connectivity index (χ0n) is 32.9. The Morgan fingerprint density at radius 2 is 0.783 bits per heavy atom. The molecule has 0 atom stereocenters. The minimum absolute atomic E-state index is 0.852. The summed E-state index contributed by atoms with van der Waals surface area (Å²) in [6, 6.07) is 84.8. The van der Waals surface area contributed by atoms with Crippen molar-refractivity contribution >= 4 is 49.8 Å². The van der Waals surface area contributed by atoms with Crippen LogP contribution in [-0.2, 0) is 0 Å². The Morgan fingerprint density at radius 3 is 1.57 bits per heavy atom. The van der Waals surface area contributed by atoms with E-state index < -0.39 is 0 Å². The molecule has 0 saturated heterocycles. The fraction of sp³-hybridized carbons (Fsp3) is 0. The van der Waals surface area contributed by atoms with E-state index >= 15 is 0 Å². The van der Waals surface area contributed by atoms with Crippen LogP contribution in [0.25, 0.3) is 88.3 Å². The number of para-hydroxylation sites is 3. The van der Waals surface area contributed by atoms with Crippen molar-refractivity contribution in [2.24, 2.45) is 0 Å². The van der Waals surface area contributed by atoms with Crippen LogP contribution in [0.15, 0.2) is 241 Å². The van der Waals surface area contributed by atoms with Crippen molar-refractivity contribution in [3.8, 4) is 55.6 Å². The lowest BCUT2D eigenvalue weighted by atomic mass is 9.88. The number of nitrogens with zero attached hydrogens (tertiary/aromatic N) is 1. The molecule has 0 spiro atoms. The van der Waals surface area contributed by atoms with Crippen LogP contribution in [0.5, 0.6) is 0 Å². The van der Waals surface area contributed by atoms with E-state index in [0.717, 1.165) is 50.1 Å². The van der Waals surface area contributed by atoms with Gasteiger partial charge in [0.05, 0.1) is 11.4 Å². The molecule has 1 aromatic heterocycles. The zero-order chi connectivity index (χ0) is 39.8. The molecule has 0 amide bonds. The molecule has 0 radical (unpaired) electrons. The van der Waals surface area contributed by atoms with Crippen molar-refractivity contribution in [1.29, 1.82) is 0 Å². The first-order chi connectivity index (χ1) is 29.8. The molecule has 2 heteroatoms. The summed E-state index contributed by atoms with van der Waals surface area (Å²) in [4.78, 5) is 2.37. The van der Waals surface area contributed by atoms with Crippen molar-refractivity contribution in [1.82, 2.24) is 0 Å². The Balaban J connectivity index is 1.07. The molecule has 11 rings (SSSR count). The first-order valence-electron chi connectivity index (χ1n) is 20.5. The normalized spacial score (nSPS) is 11.3. The summed E-state index contributed by atoms with van der Waals surface area (Å²) in [5.41, 5.74) is 16.6. The van der Waals surface area contributed by atoms with Gasteiger partial charge in [-0.05, 0) is 97.2 Å². The Kier molecular flexibility index (Phi) is 8.87. The molecule has 10 aromatic carbocycles. The van der Waals surface area contributed by atoms with Crippen molar-refractivity contribution in [2.75, 3.05) is 4.90 Å². The summed E-state index contributed by atoms with van der Waals surface area (Å²) in [5.74, 6) is 0. The van der Waals surface area contributed by atoms with Crippen LogP contribution in [-0.4, -0.2) is 0 Å². The number of benzene rings is 10. The molecule has 0 bridgehead atoms. The van der Waals surface area contributed by atoms with Crippen LogP contribution in [0, 0.1) is 0 Å². The van der Waals surface area contributed by atoms with Crippen molar-refractivity contribution < 1.29 is 4.42 Å². The average molecular weight is 766 g/mol. The van der Waals surface area contributed by atoms with Crippen LogP contribution in [0.3, 0.4) is 0 Å². The summed E-state index contributed by atoms with van der Waals surface area (Å²) >= 11 is 0. The van der Waals surface area contributed by atoms with Gasteiger partial charge in [0.2, 0.25) is 0 Å². The number of fused-ring (bicyclic) bond motifs is 4. The minimum atomic E-state index is 0.852. The highest BCUT2D eigenvalue weighted by molar-refractivity contribution is 6.11. The number of rotatable bonds is 8. The first kappa shape index (κ1) is 35.2. The highest BCUT2D eigenvalue weighted by atomic mass is 16.3. The van der Waals surface area contributed by atoms with Crippen LogP contribution in [0.4, 0.5) is 17.1 Å². The van der Waals surface area contributed by atoms with E-state index in [1.165, 1.54) is 55.3 Å². The quantitative estimate of drug-likeness (QED) is 0.153. The zero-order valence-corrected chi connectivity index (χ0v) is 32.9. The third kappa shape index (κ3) is 6.32. The molecule has 2 nitrogen and oxygen atoms in total. The summed E-state index contributed by atoms with van der Waals surface area (Å²) < 4.78 is 6.74. The number of anilines is 3. The molecule has 0 N–H and O–H groups in total. The molecule has 0 fully saturated rings. The number of furan rings is 1. The van der Waals surface area contributed by atoms with E-state index in [9.17, 15) is 0 Å². The lowest BCUT2D eigenvalue weighted by Crippen LogP contribution is -2.11. The Hall–Kier alpha value is -7.94. The maximum atomic E-state index is 6.74. The van der Waals surface area contributed by atoms with Gasteiger partial charge in [-0.25, -0.2) is 0 Å². The van der Waals surface area contributed by atoms with Crippen molar-refractivity contribution in [2.45, 2.75) is 0 Å². The molecular formula is C58H39NO. The molecule has 60 heavy (non-hydrogen) atoms. The predicted octanol–water partition coefficient (Wildman–Crippen LogP) is 16.5. The topological polar surface area (TPSA) is 16.4 Å². The molecule has 11 aromatic rings. The van der Waals surface area contributed by atoms with E-state index in [1.807, 2.05) is 6.07 Å². The molecule has 0 unspecified atom stereocenters. The largest absolute Gasteiger partial charge is 0.454 e. The Morgan fingerprint density at radius 1 is 0.283 bits per heavy atom. The maximum absolute atomic E-state index is 6.74. The minimum Gasteiger partial charge on any atom is -0.454 e. The Labute approximate surface area is 349 Å². The molecule has 282 valence electrons. The van der Waals surface area contributed by atoms with E-state index in [-0.39, 0.29) is 0 Å². The van der Waals surface area contributed by atoms with Crippen molar-refractivity contribution in [3.05, 3.63) is 237 Å². The fourth-order valence-electron chi connectivity index (χ4n) is 8.78. The lowest BCUT2D eigenvalue weighted by Gasteiger charge is -2.28. The van der Waals surface area contributed by atoms with Crippen molar-refractivity contribution in [3.63, 3.8) is 0 Å². The van der Waals surface area contributed by atoms with Gasteiger partial charge in [-0.15, -0.1) is 0 Å². The Bertz CT molecular complexity index is 3310.